The lowest BCUT2D eigenvalue weighted by molar-refractivity contribution is 0.102. The van der Waals surface area contributed by atoms with Gasteiger partial charge in [-0.15, -0.1) is 11.8 Å². The molecule has 0 aliphatic rings. The van der Waals surface area contributed by atoms with Crippen molar-refractivity contribution in [2.24, 2.45) is 0 Å². The summed E-state index contributed by atoms with van der Waals surface area (Å²) in [5.74, 6) is 1.42. The first kappa shape index (κ1) is 15.6. The Morgan fingerprint density at radius 2 is 1.71 bits per heavy atom. The third-order valence-corrected chi connectivity index (χ3v) is 4.05. The van der Waals surface area contributed by atoms with Crippen molar-refractivity contribution in [3.63, 3.8) is 0 Å². The van der Waals surface area contributed by atoms with Crippen LogP contribution < -0.4 is 4.74 Å². The Morgan fingerprint density at radius 1 is 1.05 bits per heavy atom. The van der Waals surface area contributed by atoms with Crippen molar-refractivity contribution in [2.75, 3.05) is 12.4 Å². The Labute approximate surface area is 130 Å². The summed E-state index contributed by atoms with van der Waals surface area (Å²) in [7, 11) is 0. The van der Waals surface area contributed by atoms with Crippen LogP contribution in [0.1, 0.15) is 29.3 Å². The maximum Gasteiger partial charge on any atom is 0.173 e. The van der Waals surface area contributed by atoms with Crippen molar-refractivity contribution in [1.29, 1.82) is 0 Å². The zero-order valence-corrected chi connectivity index (χ0v) is 13.3. The molecule has 0 bridgehead atoms. The second-order valence-electron chi connectivity index (χ2n) is 4.90. The Kier molecular flexibility index (Phi) is 5.88. The van der Waals surface area contributed by atoms with Crippen LogP contribution in [0.25, 0.3) is 0 Å². The predicted octanol–water partition coefficient (Wildman–Crippen LogP) is 4.76. The minimum Gasteiger partial charge on any atom is -0.494 e. The standard InChI is InChI=1S/C18H20O2S/c1-3-12-20-16-8-6-15(7-9-16)18(19)13-21-17-10-4-14(2)5-11-17/h4-11H,3,12-13H2,1-2H3. The lowest BCUT2D eigenvalue weighted by Gasteiger charge is -2.06. The highest BCUT2D eigenvalue weighted by molar-refractivity contribution is 8.00. The summed E-state index contributed by atoms with van der Waals surface area (Å²) in [4.78, 5) is 13.3. The number of hydrogen-bond acceptors (Lipinski definition) is 3. The summed E-state index contributed by atoms with van der Waals surface area (Å²) < 4.78 is 5.51. The molecule has 0 spiro atoms. The topological polar surface area (TPSA) is 26.3 Å². The molecule has 2 aromatic carbocycles. The molecule has 0 amide bonds. The molecule has 0 saturated carbocycles. The fourth-order valence-electron chi connectivity index (χ4n) is 1.82. The van der Waals surface area contributed by atoms with Gasteiger partial charge in [-0.1, -0.05) is 24.6 Å². The van der Waals surface area contributed by atoms with Crippen LogP contribution in [0.2, 0.25) is 0 Å². The number of benzene rings is 2. The molecule has 0 fully saturated rings. The van der Waals surface area contributed by atoms with E-state index in [1.807, 2.05) is 24.3 Å². The molecule has 0 heterocycles. The predicted molar refractivity (Wildman–Crippen MR) is 88.5 cm³/mol. The summed E-state index contributed by atoms with van der Waals surface area (Å²) in [6.45, 7) is 4.83. The third-order valence-electron chi connectivity index (χ3n) is 3.04. The van der Waals surface area contributed by atoms with Crippen molar-refractivity contribution in [1.82, 2.24) is 0 Å². The summed E-state index contributed by atoms with van der Waals surface area (Å²) in [6, 6.07) is 15.6. The molecular weight excluding hydrogens is 280 g/mol. The van der Waals surface area contributed by atoms with Crippen LogP contribution in [0.15, 0.2) is 53.4 Å². The number of Topliss-reactive ketones (excluding diaryl/α,β-unsaturated/α-hetero) is 1. The molecule has 110 valence electrons. The number of ketones is 1. The van der Waals surface area contributed by atoms with Gasteiger partial charge in [0.05, 0.1) is 12.4 Å². The van der Waals surface area contributed by atoms with E-state index in [0.29, 0.717) is 12.4 Å². The minimum atomic E-state index is 0.141. The average molecular weight is 300 g/mol. The van der Waals surface area contributed by atoms with Gasteiger partial charge in [0.15, 0.2) is 5.78 Å². The number of thioether (sulfide) groups is 1. The first-order valence-electron chi connectivity index (χ1n) is 7.14. The highest BCUT2D eigenvalue weighted by Gasteiger charge is 2.07. The van der Waals surface area contributed by atoms with Gasteiger partial charge in [0.25, 0.3) is 0 Å². The Morgan fingerprint density at radius 3 is 2.33 bits per heavy atom. The molecule has 0 radical (unpaired) electrons. The highest BCUT2D eigenvalue weighted by atomic mass is 32.2. The number of carbonyl (C=O) groups excluding carboxylic acids is 1. The number of carbonyl (C=O) groups is 1. The van der Waals surface area contributed by atoms with Gasteiger partial charge < -0.3 is 4.74 Å². The first-order chi connectivity index (χ1) is 10.2. The lowest BCUT2D eigenvalue weighted by atomic mass is 10.1. The average Bonchev–Trinajstić information content (AvgIpc) is 2.52. The molecule has 0 N–H and O–H groups in total. The zero-order valence-electron chi connectivity index (χ0n) is 12.5. The van der Waals surface area contributed by atoms with E-state index < -0.39 is 0 Å². The van der Waals surface area contributed by atoms with Crippen LogP contribution in [0.3, 0.4) is 0 Å². The maximum atomic E-state index is 12.1. The van der Waals surface area contributed by atoms with Crippen molar-refractivity contribution in [3.05, 3.63) is 59.7 Å². The van der Waals surface area contributed by atoms with Gasteiger partial charge in [-0.2, -0.15) is 0 Å². The lowest BCUT2D eigenvalue weighted by Crippen LogP contribution is -2.02. The molecule has 3 heteroatoms. The smallest absolute Gasteiger partial charge is 0.173 e. The van der Waals surface area contributed by atoms with E-state index in [2.05, 4.69) is 38.1 Å². The zero-order chi connectivity index (χ0) is 15.1. The van der Waals surface area contributed by atoms with Crippen LogP contribution in [0.4, 0.5) is 0 Å². The molecule has 0 atom stereocenters. The fourth-order valence-corrected chi connectivity index (χ4v) is 2.62. The van der Waals surface area contributed by atoms with E-state index in [4.69, 9.17) is 4.74 Å². The normalized spacial score (nSPS) is 10.4. The van der Waals surface area contributed by atoms with Crippen LogP contribution in [-0.2, 0) is 0 Å². The Bertz CT molecular complexity index is 573. The number of rotatable bonds is 7. The van der Waals surface area contributed by atoms with Gasteiger partial charge in [-0.25, -0.2) is 0 Å². The second-order valence-corrected chi connectivity index (χ2v) is 5.95. The van der Waals surface area contributed by atoms with Gasteiger partial charge in [-0.3, -0.25) is 4.79 Å². The summed E-state index contributed by atoms with van der Waals surface area (Å²) in [5, 5.41) is 0. The second kappa shape index (κ2) is 7.89. The van der Waals surface area contributed by atoms with E-state index in [1.54, 1.807) is 11.8 Å². The van der Waals surface area contributed by atoms with Gasteiger partial charge in [0, 0.05) is 10.5 Å². The van der Waals surface area contributed by atoms with Gasteiger partial charge in [0.1, 0.15) is 5.75 Å². The third kappa shape index (κ3) is 4.94. The van der Waals surface area contributed by atoms with Crippen molar-refractivity contribution in [2.45, 2.75) is 25.2 Å². The van der Waals surface area contributed by atoms with Crippen molar-refractivity contribution >= 4 is 17.5 Å². The van der Waals surface area contributed by atoms with Gasteiger partial charge in [0.2, 0.25) is 0 Å². The summed E-state index contributed by atoms with van der Waals surface area (Å²) in [6.07, 6.45) is 0.980. The minimum absolute atomic E-state index is 0.141. The molecule has 2 aromatic rings. The van der Waals surface area contributed by atoms with Crippen LogP contribution in [0, 0.1) is 6.92 Å². The van der Waals surface area contributed by atoms with E-state index in [1.165, 1.54) is 5.56 Å². The van der Waals surface area contributed by atoms with E-state index in [0.717, 1.165) is 22.6 Å². The Balaban J connectivity index is 1.89. The number of hydrogen-bond donors (Lipinski definition) is 0. The van der Waals surface area contributed by atoms with Crippen molar-refractivity contribution < 1.29 is 9.53 Å². The largest absolute Gasteiger partial charge is 0.494 e. The summed E-state index contributed by atoms with van der Waals surface area (Å²) >= 11 is 1.57. The molecule has 0 aromatic heterocycles. The monoisotopic (exact) mass is 300 g/mol. The fraction of sp³-hybridized carbons (Fsp3) is 0.278. The van der Waals surface area contributed by atoms with E-state index in [-0.39, 0.29) is 5.78 Å². The molecule has 2 rings (SSSR count). The molecule has 21 heavy (non-hydrogen) atoms. The quantitative estimate of drug-likeness (QED) is 0.545. The molecular formula is C18H20O2S. The molecule has 0 aliphatic carbocycles. The number of ether oxygens (including phenoxy) is 1. The SMILES string of the molecule is CCCOc1ccc(C(=O)CSc2ccc(C)cc2)cc1. The van der Waals surface area contributed by atoms with Gasteiger partial charge in [-0.05, 0) is 49.7 Å². The number of aryl methyl sites for hydroxylation is 1. The van der Waals surface area contributed by atoms with Crippen molar-refractivity contribution in [3.8, 4) is 5.75 Å². The molecule has 2 nitrogen and oxygen atoms in total. The molecule has 0 aliphatic heterocycles. The van der Waals surface area contributed by atoms with Gasteiger partial charge >= 0.3 is 0 Å². The summed E-state index contributed by atoms with van der Waals surface area (Å²) in [5.41, 5.74) is 1.96. The molecule has 0 unspecified atom stereocenters. The highest BCUT2D eigenvalue weighted by Crippen LogP contribution is 2.20. The van der Waals surface area contributed by atoms with Crippen LogP contribution in [-0.4, -0.2) is 18.1 Å². The van der Waals surface area contributed by atoms with Crippen LogP contribution >= 0.6 is 11.8 Å². The van der Waals surface area contributed by atoms with E-state index in [9.17, 15) is 4.79 Å². The maximum absolute atomic E-state index is 12.1. The first-order valence-corrected chi connectivity index (χ1v) is 8.13. The van der Waals surface area contributed by atoms with E-state index >= 15 is 0 Å². The molecule has 0 saturated heterocycles. The van der Waals surface area contributed by atoms with Crippen LogP contribution in [0.5, 0.6) is 5.75 Å². The Hall–Kier alpha value is -1.74.